The SMILES string of the molecule is CCOCCC(=O)Nc1nnc(C2CC(=O)N(c3ccc(CC)cc3)C2)s1. The number of nitrogens with one attached hydrogen (secondary N) is 1. The van der Waals surface area contributed by atoms with Gasteiger partial charge in [0.05, 0.1) is 13.0 Å². The Morgan fingerprint density at radius 2 is 2.07 bits per heavy atom. The zero-order valence-corrected chi connectivity index (χ0v) is 16.4. The molecule has 0 aliphatic carbocycles. The van der Waals surface area contributed by atoms with E-state index in [4.69, 9.17) is 4.74 Å². The molecule has 0 radical (unpaired) electrons. The lowest BCUT2D eigenvalue weighted by Gasteiger charge is -2.16. The molecule has 1 fully saturated rings. The van der Waals surface area contributed by atoms with Crippen LogP contribution in [0.1, 0.15) is 43.2 Å². The third-order valence-electron chi connectivity index (χ3n) is 4.50. The van der Waals surface area contributed by atoms with E-state index in [2.05, 4.69) is 34.6 Å². The Labute approximate surface area is 162 Å². The molecule has 144 valence electrons. The lowest BCUT2D eigenvalue weighted by Crippen LogP contribution is -2.24. The van der Waals surface area contributed by atoms with E-state index >= 15 is 0 Å². The van der Waals surface area contributed by atoms with Gasteiger partial charge in [-0.1, -0.05) is 30.4 Å². The van der Waals surface area contributed by atoms with E-state index in [0.717, 1.165) is 17.1 Å². The van der Waals surface area contributed by atoms with Gasteiger partial charge in [0.2, 0.25) is 16.9 Å². The van der Waals surface area contributed by atoms with E-state index in [1.807, 2.05) is 19.1 Å². The van der Waals surface area contributed by atoms with Gasteiger partial charge < -0.3 is 15.0 Å². The van der Waals surface area contributed by atoms with Crippen molar-refractivity contribution in [2.75, 3.05) is 30.0 Å². The van der Waals surface area contributed by atoms with Crippen molar-refractivity contribution in [1.82, 2.24) is 10.2 Å². The number of hydrogen-bond acceptors (Lipinski definition) is 6. The van der Waals surface area contributed by atoms with Crippen LogP contribution >= 0.6 is 11.3 Å². The van der Waals surface area contributed by atoms with Crippen LogP contribution < -0.4 is 10.2 Å². The van der Waals surface area contributed by atoms with Crippen LogP contribution in [0.3, 0.4) is 0 Å². The Bertz CT molecular complexity index is 791. The molecule has 1 aliphatic heterocycles. The van der Waals surface area contributed by atoms with E-state index < -0.39 is 0 Å². The average Bonchev–Trinajstić information content (AvgIpc) is 3.28. The molecule has 8 heteroatoms. The maximum atomic E-state index is 12.4. The van der Waals surface area contributed by atoms with Gasteiger partial charge in [-0.15, -0.1) is 10.2 Å². The molecule has 0 bridgehead atoms. The number of aryl methyl sites for hydroxylation is 1. The molecule has 1 saturated heterocycles. The third-order valence-corrected chi connectivity index (χ3v) is 5.50. The summed E-state index contributed by atoms with van der Waals surface area (Å²) in [6, 6.07) is 8.08. The van der Waals surface area contributed by atoms with Gasteiger partial charge in [-0.2, -0.15) is 0 Å². The molecule has 1 aromatic heterocycles. The first-order valence-electron chi connectivity index (χ1n) is 9.21. The zero-order chi connectivity index (χ0) is 19.2. The molecule has 1 aromatic carbocycles. The van der Waals surface area contributed by atoms with Crippen molar-refractivity contribution in [1.29, 1.82) is 0 Å². The Hall–Kier alpha value is -2.32. The van der Waals surface area contributed by atoms with Crippen molar-refractivity contribution in [3.05, 3.63) is 34.8 Å². The van der Waals surface area contributed by atoms with Gasteiger partial charge in [0.25, 0.3) is 0 Å². The summed E-state index contributed by atoms with van der Waals surface area (Å²) in [4.78, 5) is 26.1. The van der Waals surface area contributed by atoms with Gasteiger partial charge in [-0.05, 0) is 31.0 Å². The standard InChI is InChI=1S/C19H24N4O3S/c1-3-13-5-7-15(8-6-13)23-12-14(11-17(23)25)18-21-22-19(27-18)20-16(24)9-10-26-4-2/h5-8,14H,3-4,9-12H2,1-2H3,(H,20,22,24). The van der Waals surface area contributed by atoms with Crippen LogP contribution in [0, 0.1) is 0 Å². The van der Waals surface area contributed by atoms with Crippen LogP contribution in [0.15, 0.2) is 24.3 Å². The zero-order valence-electron chi connectivity index (χ0n) is 15.6. The lowest BCUT2D eigenvalue weighted by molar-refractivity contribution is -0.118. The van der Waals surface area contributed by atoms with Crippen molar-refractivity contribution in [2.24, 2.45) is 0 Å². The summed E-state index contributed by atoms with van der Waals surface area (Å²) in [5, 5.41) is 12.2. The maximum Gasteiger partial charge on any atom is 0.228 e. The molecular weight excluding hydrogens is 364 g/mol. The second-order valence-electron chi connectivity index (χ2n) is 6.37. The number of hydrogen-bond donors (Lipinski definition) is 1. The van der Waals surface area contributed by atoms with Crippen molar-refractivity contribution in [3.8, 4) is 0 Å². The minimum Gasteiger partial charge on any atom is -0.381 e. The van der Waals surface area contributed by atoms with Crippen LogP contribution in [-0.2, 0) is 20.7 Å². The molecule has 3 rings (SSSR count). The fourth-order valence-corrected chi connectivity index (χ4v) is 3.83. The molecule has 2 amide bonds. The van der Waals surface area contributed by atoms with E-state index in [1.54, 1.807) is 4.90 Å². The summed E-state index contributed by atoms with van der Waals surface area (Å²) in [6.07, 6.45) is 1.66. The highest BCUT2D eigenvalue weighted by molar-refractivity contribution is 7.15. The van der Waals surface area contributed by atoms with E-state index in [9.17, 15) is 9.59 Å². The predicted molar refractivity (Wildman–Crippen MR) is 105 cm³/mol. The molecular formula is C19H24N4O3S. The third kappa shape index (κ3) is 4.90. The predicted octanol–water partition coefficient (Wildman–Crippen LogP) is 2.99. The quantitative estimate of drug-likeness (QED) is 0.703. The number of carbonyl (C=O) groups is 2. The van der Waals surface area contributed by atoms with Crippen LogP contribution in [0.2, 0.25) is 0 Å². The first-order chi connectivity index (χ1) is 13.1. The van der Waals surface area contributed by atoms with Crippen LogP contribution in [0.25, 0.3) is 0 Å². The van der Waals surface area contributed by atoms with Gasteiger partial charge in [0.1, 0.15) is 5.01 Å². The number of aromatic nitrogens is 2. The van der Waals surface area contributed by atoms with Crippen molar-refractivity contribution in [2.45, 2.75) is 39.0 Å². The number of nitrogens with zero attached hydrogens (tertiary/aromatic N) is 3. The topological polar surface area (TPSA) is 84.4 Å². The highest BCUT2D eigenvalue weighted by Crippen LogP contribution is 2.34. The Morgan fingerprint density at radius 3 is 2.78 bits per heavy atom. The molecule has 1 atom stereocenters. The first kappa shape index (κ1) is 19.4. The summed E-state index contributed by atoms with van der Waals surface area (Å²) in [5.41, 5.74) is 2.16. The van der Waals surface area contributed by atoms with Crippen LogP contribution in [-0.4, -0.2) is 41.8 Å². The van der Waals surface area contributed by atoms with Gasteiger partial charge >= 0.3 is 0 Å². The van der Waals surface area contributed by atoms with Crippen LogP contribution in [0.5, 0.6) is 0 Å². The number of rotatable bonds is 8. The summed E-state index contributed by atoms with van der Waals surface area (Å²) in [6.45, 7) is 5.55. The minimum atomic E-state index is -0.147. The molecule has 2 heterocycles. The van der Waals surface area contributed by atoms with E-state index in [1.165, 1.54) is 16.9 Å². The number of benzene rings is 1. The highest BCUT2D eigenvalue weighted by Gasteiger charge is 2.33. The second kappa shape index (κ2) is 9.05. The van der Waals surface area contributed by atoms with Gasteiger partial charge in [0.15, 0.2) is 0 Å². The summed E-state index contributed by atoms with van der Waals surface area (Å²) < 4.78 is 5.17. The fourth-order valence-electron chi connectivity index (χ4n) is 2.98. The largest absolute Gasteiger partial charge is 0.381 e. The molecule has 1 N–H and O–H groups in total. The average molecular weight is 388 g/mol. The molecule has 7 nitrogen and oxygen atoms in total. The molecule has 2 aromatic rings. The molecule has 1 aliphatic rings. The van der Waals surface area contributed by atoms with Crippen molar-refractivity contribution >= 4 is 34.0 Å². The normalized spacial score (nSPS) is 16.7. The number of anilines is 2. The summed E-state index contributed by atoms with van der Waals surface area (Å²) in [7, 11) is 0. The first-order valence-corrected chi connectivity index (χ1v) is 10.0. The monoisotopic (exact) mass is 388 g/mol. The van der Waals surface area contributed by atoms with Crippen LogP contribution in [0.4, 0.5) is 10.8 Å². The van der Waals surface area contributed by atoms with Crippen molar-refractivity contribution < 1.29 is 14.3 Å². The second-order valence-corrected chi connectivity index (χ2v) is 7.38. The molecule has 1 unspecified atom stereocenters. The fraction of sp³-hybridized carbons (Fsp3) is 0.474. The summed E-state index contributed by atoms with van der Waals surface area (Å²) >= 11 is 1.33. The van der Waals surface area contributed by atoms with Crippen molar-refractivity contribution in [3.63, 3.8) is 0 Å². The Balaban J connectivity index is 1.60. The number of amides is 2. The van der Waals surface area contributed by atoms with Gasteiger partial charge in [-0.25, -0.2) is 0 Å². The Kier molecular flexibility index (Phi) is 6.52. The molecule has 0 spiro atoms. The van der Waals surface area contributed by atoms with E-state index in [-0.39, 0.29) is 24.2 Å². The summed E-state index contributed by atoms with van der Waals surface area (Å²) in [5.74, 6) is -0.0667. The molecule has 0 saturated carbocycles. The lowest BCUT2D eigenvalue weighted by atomic mass is 10.1. The maximum absolute atomic E-state index is 12.4. The smallest absolute Gasteiger partial charge is 0.228 e. The van der Waals surface area contributed by atoms with Gasteiger partial charge in [0, 0.05) is 31.2 Å². The molecule has 27 heavy (non-hydrogen) atoms. The van der Waals surface area contributed by atoms with E-state index in [0.29, 0.717) is 31.3 Å². The number of ether oxygens (including phenoxy) is 1. The number of carbonyl (C=O) groups excluding carboxylic acids is 2. The highest BCUT2D eigenvalue weighted by atomic mass is 32.1. The Morgan fingerprint density at radius 1 is 1.30 bits per heavy atom. The minimum absolute atomic E-state index is 0.00470. The van der Waals surface area contributed by atoms with Gasteiger partial charge in [-0.3, -0.25) is 9.59 Å².